The second-order valence-corrected chi connectivity index (χ2v) is 3.20. The van der Waals surface area contributed by atoms with E-state index in [1.54, 1.807) is 12.4 Å². The molecule has 0 fully saturated rings. The Morgan fingerprint density at radius 1 is 1.33 bits per heavy atom. The molecule has 2 rings (SSSR count). The topological polar surface area (TPSA) is 40.7 Å². The summed E-state index contributed by atoms with van der Waals surface area (Å²) in [7, 11) is 0. The lowest BCUT2D eigenvalue weighted by atomic mass is 10.2. The Hall–Kier alpha value is -2.03. The highest BCUT2D eigenvalue weighted by Crippen LogP contribution is 2.16. The van der Waals surface area contributed by atoms with Gasteiger partial charge in [-0.3, -0.25) is 0 Å². The number of para-hydroxylation sites is 1. The Morgan fingerprint density at radius 2 is 2.13 bits per heavy atom. The normalized spacial score (nSPS) is 12.0. The van der Waals surface area contributed by atoms with Gasteiger partial charge >= 0.3 is 0 Å². The largest absolute Gasteiger partial charge is 0.372 e. The van der Waals surface area contributed by atoms with Crippen molar-refractivity contribution in [1.82, 2.24) is 9.97 Å². The smallest absolute Gasteiger partial charge is 0.132 e. The van der Waals surface area contributed by atoms with Gasteiger partial charge in [-0.1, -0.05) is 24.3 Å². The minimum absolute atomic E-state index is 0.0161. The van der Waals surface area contributed by atoms with Gasteiger partial charge in [-0.25, -0.2) is 4.98 Å². The van der Waals surface area contributed by atoms with Crippen LogP contribution in [0.3, 0.4) is 0 Å². The van der Waals surface area contributed by atoms with Gasteiger partial charge in [0.2, 0.25) is 0 Å². The summed E-state index contributed by atoms with van der Waals surface area (Å²) < 4.78 is 0. The van der Waals surface area contributed by atoms with Gasteiger partial charge in [0.15, 0.2) is 0 Å². The molecule has 0 saturated heterocycles. The molecule has 1 aromatic carbocycles. The van der Waals surface area contributed by atoms with Gasteiger partial charge < -0.3 is 10.3 Å². The molecule has 1 atom stereocenters. The van der Waals surface area contributed by atoms with Gasteiger partial charge in [0, 0.05) is 18.1 Å². The number of imidazole rings is 1. The minimum Gasteiger partial charge on any atom is -0.372 e. The van der Waals surface area contributed by atoms with E-state index in [9.17, 15) is 0 Å². The predicted molar refractivity (Wildman–Crippen MR) is 61.6 cm³/mol. The number of H-pyrrole nitrogens is 1. The summed E-state index contributed by atoms with van der Waals surface area (Å²) >= 11 is 0. The highest BCUT2D eigenvalue weighted by molar-refractivity contribution is 5.45. The average Bonchev–Trinajstić information content (AvgIpc) is 2.81. The summed E-state index contributed by atoms with van der Waals surface area (Å²) in [5, 5.41) is 3.32. The van der Waals surface area contributed by atoms with Gasteiger partial charge in [0.05, 0.1) is 0 Å². The standard InChI is InChI=1S/C12H13N3/c1-2-11(12-13-8-9-14-12)15-10-6-4-3-5-7-10/h2-9,11,15H,1H2,(H,13,14). The van der Waals surface area contributed by atoms with Crippen molar-refractivity contribution in [3.63, 3.8) is 0 Å². The molecule has 0 spiro atoms. The summed E-state index contributed by atoms with van der Waals surface area (Å²) in [6, 6.07) is 10.0. The molecule has 1 unspecified atom stereocenters. The second-order valence-electron chi connectivity index (χ2n) is 3.20. The molecule has 0 saturated carbocycles. The number of aromatic nitrogens is 2. The van der Waals surface area contributed by atoms with E-state index in [0.29, 0.717) is 0 Å². The Balaban J connectivity index is 2.13. The Labute approximate surface area is 88.9 Å². The van der Waals surface area contributed by atoms with Crippen LogP contribution >= 0.6 is 0 Å². The zero-order chi connectivity index (χ0) is 10.5. The van der Waals surface area contributed by atoms with Crippen molar-refractivity contribution >= 4 is 5.69 Å². The van der Waals surface area contributed by atoms with Crippen LogP contribution in [0.2, 0.25) is 0 Å². The highest BCUT2D eigenvalue weighted by atomic mass is 15.0. The van der Waals surface area contributed by atoms with E-state index in [1.165, 1.54) is 0 Å². The number of benzene rings is 1. The first-order chi connectivity index (χ1) is 7.40. The number of anilines is 1. The summed E-state index contributed by atoms with van der Waals surface area (Å²) in [5.74, 6) is 0.869. The third-order valence-electron chi connectivity index (χ3n) is 2.15. The highest BCUT2D eigenvalue weighted by Gasteiger charge is 2.08. The maximum absolute atomic E-state index is 4.19. The van der Waals surface area contributed by atoms with E-state index < -0.39 is 0 Å². The summed E-state index contributed by atoms with van der Waals surface area (Å²) in [4.78, 5) is 7.26. The van der Waals surface area contributed by atoms with E-state index in [0.717, 1.165) is 11.5 Å². The Kier molecular flexibility index (Phi) is 2.83. The third kappa shape index (κ3) is 2.26. The van der Waals surface area contributed by atoms with Crippen LogP contribution in [0, 0.1) is 0 Å². The van der Waals surface area contributed by atoms with Crippen LogP contribution in [0.15, 0.2) is 55.4 Å². The molecular weight excluding hydrogens is 186 g/mol. The van der Waals surface area contributed by atoms with Gasteiger partial charge in [-0.2, -0.15) is 0 Å². The first kappa shape index (κ1) is 9.52. The number of rotatable bonds is 4. The zero-order valence-electron chi connectivity index (χ0n) is 8.35. The molecular formula is C12H13N3. The van der Waals surface area contributed by atoms with Crippen LogP contribution in [-0.2, 0) is 0 Å². The van der Waals surface area contributed by atoms with Crippen molar-refractivity contribution in [2.75, 3.05) is 5.32 Å². The van der Waals surface area contributed by atoms with Gasteiger partial charge in [-0.15, -0.1) is 6.58 Å². The molecule has 0 aliphatic heterocycles. The van der Waals surface area contributed by atoms with Crippen molar-refractivity contribution in [1.29, 1.82) is 0 Å². The lowest BCUT2D eigenvalue weighted by Crippen LogP contribution is -2.09. The fourth-order valence-electron chi connectivity index (χ4n) is 1.40. The maximum Gasteiger partial charge on any atom is 0.132 e. The van der Waals surface area contributed by atoms with E-state index >= 15 is 0 Å². The van der Waals surface area contributed by atoms with Gasteiger partial charge in [0.25, 0.3) is 0 Å². The Morgan fingerprint density at radius 3 is 2.73 bits per heavy atom. The van der Waals surface area contributed by atoms with E-state index in [4.69, 9.17) is 0 Å². The van der Waals surface area contributed by atoms with E-state index in [-0.39, 0.29) is 6.04 Å². The number of nitrogens with one attached hydrogen (secondary N) is 2. The fraction of sp³-hybridized carbons (Fsp3) is 0.0833. The molecule has 0 aliphatic rings. The molecule has 0 aliphatic carbocycles. The summed E-state index contributed by atoms with van der Waals surface area (Å²) in [5.41, 5.74) is 1.05. The third-order valence-corrected chi connectivity index (χ3v) is 2.15. The Bertz CT molecular complexity index is 406. The SMILES string of the molecule is C=CC(Nc1ccccc1)c1ncc[nH]1. The molecule has 1 heterocycles. The first-order valence-electron chi connectivity index (χ1n) is 4.83. The van der Waals surface area contributed by atoms with Crippen molar-refractivity contribution in [3.05, 3.63) is 61.2 Å². The molecule has 1 aromatic heterocycles. The van der Waals surface area contributed by atoms with E-state index in [2.05, 4.69) is 21.9 Å². The molecule has 3 heteroatoms. The summed E-state index contributed by atoms with van der Waals surface area (Å²) in [6.45, 7) is 3.79. The molecule has 0 bridgehead atoms. The number of hydrogen-bond acceptors (Lipinski definition) is 2. The second kappa shape index (κ2) is 4.46. The molecule has 2 N–H and O–H groups in total. The van der Waals surface area contributed by atoms with Crippen LogP contribution in [-0.4, -0.2) is 9.97 Å². The minimum atomic E-state index is 0.0161. The van der Waals surface area contributed by atoms with Crippen LogP contribution in [0.1, 0.15) is 11.9 Å². The number of nitrogens with zero attached hydrogens (tertiary/aromatic N) is 1. The molecule has 0 amide bonds. The van der Waals surface area contributed by atoms with Crippen LogP contribution in [0.4, 0.5) is 5.69 Å². The van der Waals surface area contributed by atoms with Crippen molar-refractivity contribution in [2.45, 2.75) is 6.04 Å². The summed E-state index contributed by atoms with van der Waals surface area (Å²) in [6.07, 6.45) is 5.36. The van der Waals surface area contributed by atoms with Crippen molar-refractivity contribution < 1.29 is 0 Å². The van der Waals surface area contributed by atoms with Gasteiger partial charge in [-0.05, 0) is 12.1 Å². The molecule has 3 nitrogen and oxygen atoms in total. The molecule has 76 valence electrons. The average molecular weight is 199 g/mol. The monoisotopic (exact) mass is 199 g/mol. The number of aromatic amines is 1. The first-order valence-corrected chi connectivity index (χ1v) is 4.83. The van der Waals surface area contributed by atoms with Crippen LogP contribution in [0.25, 0.3) is 0 Å². The molecule has 2 aromatic rings. The number of hydrogen-bond donors (Lipinski definition) is 2. The fourth-order valence-corrected chi connectivity index (χ4v) is 1.40. The van der Waals surface area contributed by atoms with Crippen molar-refractivity contribution in [2.24, 2.45) is 0 Å². The maximum atomic E-state index is 4.19. The molecule has 0 radical (unpaired) electrons. The quantitative estimate of drug-likeness (QED) is 0.743. The molecule has 15 heavy (non-hydrogen) atoms. The van der Waals surface area contributed by atoms with E-state index in [1.807, 2.05) is 36.4 Å². The zero-order valence-corrected chi connectivity index (χ0v) is 8.35. The predicted octanol–water partition coefficient (Wildman–Crippen LogP) is 2.75. The lowest BCUT2D eigenvalue weighted by Gasteiger charge is -2.13. The van der Waals surface area contributed by atoms with Gasteiger partial charge in [0.1, 0.15) is 11.9 Å². The van der Waals surface area contributed by atoms with Crippen LogP contribution < -0.4 is 5.32 Å². The lowest BCUT2D eigenvalue weighted by molar-refractivity contribution is 0.888. The van der Waals surface area contributed by atoms with Crippen molar-refractivity contribution in [3.8, 4) is 0 Å². The van der Waals surface area contributed by atoms with Crippen LogP contribution in [0.5, 0.6) is 0 Å².